The van der Waals surface area contributed by atoms with Crippen molar-refractivity contribution in [3.05, 3.63) is 35.9 Å². The maximum absolute atomic E-state index is 12.3. The average Bonchev–Trinajstić information content (AvgIpc) is 3.01. The Labute approximate surface area is 140 Å². The Bertz CT molecular complexity index is 637. The molecule has 23 heavy (non-hydrogen) atoms. The number of rotatable bonds is 5. The van der Waals surface area contributed by atoms with Gasteiger partial charge >= 0.3 is 0 Å². The lowest BCUT2D eigenvalue weighted by atomic mass is 9.99. The first-order valence-electron chi connectivity index (χ1n) is 7.93. The van der Waals surface area contributed by atoms with E-state index in [0.717, 1.165) is 37.4 Å². The summed E-state index contributed by atoms with van der Waals surface area (Å²) in [5.74, 6) is 1.30. The van der Waals surface area contributed by atoms with E-state index in [1.165, 1.54) is 11.8 Å². The number of hydrogen-bond donors (Lipinski definition) is 0. The predicted molar refractivity (Wildman–Crippen MR) is 89.1 cm³/mol. The zero-order chi connectivity index (χ0) is 16.1. The summed E-state index contributed by atoms with van der Waals surface area (Å²) in [7, 11) is 0. The van der Waals surface area contributed by atoms with Crippen LogP contribution in [0.2, 0.25) is 0 Å². The zero-order valence-electron chi connectivity index (χ0n) is 13.3. The Morgan fingerprint density at radius 3 is 2.74 bits per heavy atom. The molecule has 1 fully saturated rings. The highest BCUT2D eigenvalue weighted by Crippen LogP contribution is 2.19. The van der Waals surface area contributed by atoms with Crippen LogP contribution in [0.4, 0.5) is 0 Å². The summed E-state index contributed by atoms with van der Waals surface area (Å²) in [6, 6.07) is 10.0. The van der Waals surface area contributed by atoms with Crippen LogP contribution in [0.1, 0.15) is 25.3 Å². The van der Waals surface area contributed by atoms with Crippen molar-refractivity contribution in [2.45, 2.75) is 31.5 Å². The lowest BCUT2D eigenvalue weighted by molar-refractivity contribution is -0.129. The molecule has 6 nitrogen and oxygen atoms in total. The van der Waals surface area contributed by atoms with E-state index in [0.29, 0.717) is 17.5 Å². The van der Waals surface area contributed by atoms with Crippen molar-refractivity contribution >= 4 is 17.7 Å². The molecule has 2 aromatic rings. The first-order chi connectivity index (χ1) is 11.2. The van der Waals surface area contributed by atoms with Crippen LogP contribution in [0.25, 0.3) is 0 Å². The fourth-order valence-electron chi connectivity index (χ4n) is 2.63. The van der Waals surface area contributed by atoms with Gasteiger partial charge in [0, 0.05) is 13.1 Å². The second-order valence-corrected chi connectivity index (χ2v) is 6.90. The van der Waals surface area contributed by atoms with Crippen LogP contribution in [0.15, 0.2) is 35.5 Å². The Hall–Kier alpha value is -1.89. The molecule has 122 valence electrons. The quantitative estimate of drug-likeness (QED) is 0.785. The van der Waals surface area contributed by atoms with Gasteiger partial charge in [0.1, 0.15) is 0 Å². The summed E-state index contributed by atoms with van der Waals surface area (Å²) in [6.07, 6.45) is 2.20. The summed E-state index contributed by atoms with van der Waals surface area (Å²) in [4.78, 5) is 14.3. The molecule has 1 aromatic carbocycles. The van der Waals surface area contributed by atoms with Gasteiger partial charge in [0.25, 0.3) is 0 Å². The van der Waals surface area contributed by atoms with E-state index >= 15 is 0 Å². The second-order valence-electron chi connectivity index (χ2n) is 5.96. The SMILES string of the molecule is CC1CCN(C(=O)CSc2nnnn2Cc2ccccc2)CC1. The zero-order valence-corrected chi connectivity index (χ0v) is 14.1. The minimum atomic E-state index is 0.177. The van der Waals surface area contributed by atoms with Gasteiger partial charge < -0.3 is 4.90 Å². The van der Waals surface area contributed by atoms with Crippen molar-refractivity contribution in [1.29, 1.82) is 0 Å². The standard InChI is InChI=1S/C16H21N5OS/c1-13-7-9-20(10-8-13)15(22)12-23-16-17-18-19-21(16)11-14-5-3-2-4-6-14/h2-6,13H,7-12H2,1H3. The summed E-state index contributed by atoms with van der Waals surface area (Å²) >= 11 is 1.41. The third kappa shape index (κ3) is 4.31. The molecule has 1 amide bonds. The summed E-state index contributed by atoms with van der Waals surface area (Å²) < 4.78 is 1.74. The molecule has 0 unspecified atom stereocenters. The van der Waals surface area contributed by atoms with Crippen LogP contribution in [-0.2, 0) is 11.3 Å². The molecular weight excluding hydrogens is 310 g/mol. The van der Waals surface area contributed by atoms with Crippen molar-refractivity contribution in [1.82, 2.24) is 25.1 Å². The number of tetrazole rings is 1. The molecule has 7 heteroatoms. The van der Waals surface area contributed by atoms with Crippen molar-refractivity contribution < 1.29 is 4.79 Å². The van der Waals surface area contributed by atoms with Crippen LogP contribution in [0, 0.1) is 5.92 Å². The van der Waals surface area contributed by atoms with Crippen molar-refractivity contribution in [2.24, 2.45) is 5.92 Å². The molecule has 0 saturated carbocycles. The molecule has 1 aromatic heterocycles. The van der Waals surface area contributed by atoms with Gasteiger partial charge in [-0.1, -0.05) is 49.0 Å². The Morgan fingerprint density at radius 2 is 2.00 bits per heavy atom. The average molecular weight is 331 g/mol. The van der Waals surface area contributed by atoms with Crippen LogP contribution >= 0.6 is 11.8 Å². The van der Waals surface area contributed by atoms with E-state index < -0.39 is 0 Å². The topological polar surface area (TPSA) is 63.9 Å². The number of aromatic nitrogens is 4. The van der Waals surface area contributed by atoms with E-state index in [1.807, 2.05) is 35.2 Å². The molecule has 0 bridgehead atoms. The number of amides is 1. The molecule has 1 saturated heterocycles. The number of likely N-dealkylation sites (tertiary alicyclic amines) is 1. The second kappa shape index (κ2) is 7.59. The van der Waals surface area contributed by atoms with Crippen LogP contribution in [-0.4, -0.2) is 49.9 Å². The van der Waals surface area contributed by atoms with Gasteiger partial charge in [-0.15, -0.1) is 5.10 Å². The molecule has 0 aliphatic carbocycles. The summed E-state index contributed by atoms with van der Waals surface area (Å²) in [6.45, 7) is 4.60. The van der Waals surface area contributed by atoms with Crippen molar-refractivity contribution in [3.63, 3.8) is 0 Å². The molecule has 0 spiro atoms. The molecule has 1 aliphatic rings. The number of hydrogen-bond acceptors (Lipinski definition) is 5. The number of thioether (sulfide) groups is 1. The Balaban J connectivity index is 1.55. The molecule has 0 N–H and O–H groups in total. The number of nitrogens with zero attached hydrogens (tertiary/aromatic N) is 5. The molecule has 0 radical (unpaired) electrons. The van der Waals surface area contributed by atoms with E-state index in [4.69, 9.17) is 0 Å². The lowest BCUT2D eigenvalue weighted by Gasteiger charge is -2.30. The largest absolute Gasteiger partial charge is 0.342 e. The minimum Gasteiger partial charge on any atom is -0.342 e. The molecular formula is C16H21N5OS. The fourth-order valence-corrected chi connectivity index (χ4v) is 3.41. The van der Waals surface area contributed by atoms with Gasteiger partial charge in [-0.25, -0.2) is 4.68 Å². The van der Waals surface area contributed by atoms with Gasteiger partial charge in [-0.3, -0.25) is 4.79 Å². The third-order valence-corrected chi connectivity index (χ3v) is 5.08. The van der Waals surface area contributed by atoms with Gasteiger partial charge in [0.05, 0.1) is 12.3 Å². The maximum Gasteiger partial charge on any atom is 0.233 e. The highest BCUT2D eigenvalue weighted by atomic mass is 32.2. The first kappa shape index (κ1) is 16.0. The van der Waals surface area contributed by atoms with Gasteiger partial charge in [0.2, 0.25) is 11.1 Å². The summed E-state index contributed by atoms with van der Waals surface area (Å²) in [5, 5.41) is 12.5. The molecule has 3 rings (SSSR count). The van der Waals surface area contributed by atoms with E-state index in [2.05, 4.69) is 22.4 Å². The van der Waals surface area contributed by atoms with Crippen LogP contribution in [0.5, 0.6) is 0 Å². The lowest BCUT2D eigenvalue weighted by Crippen LogP contribution is -2.38. The highest BCUT2D eigenvalue weighted by molar-refractivity contribution is 7.99. The van der Waals surface area contributed by atoms with E-state index in [9.17, 15) is 4.79 Å². The predicted octanol–water partition coefficient (Wildman–Crippen LogP) is 2.07. The van der Waals surface area contributed by atoms with E-state index in [1.54, 1.807) is 4.68 Å². The number of carbonyl (C=O) groups excluding carboxylic acids is 1. The number of piperidine rings is 1. The number of benzene rings is 1. The molecule has 0 atom stereocenters. The number of carbonyl (C=O) groups is 1. The van der Waals surface area contributed by atoms with Crippen LogP contribution < -0.4 is 0 Å². The normalized spacial score (nSPS) is 15.8. The van der Waals surface area contributed by atoms with Gasteiger partial charge in [-0.05, 0) is 34.7 Å². The fraction of sp³-hybridized carbons (Fsp3) is 0.500. The molecule has 2 heterocycles. The van der Waals surface area contributed by atoms with Crippen LogP contribution in [0.3, 0.4) is 0 Å². The van der Waals surface area contributed by atoms with Crippen molar-refractivity contribution in [3.8, 4) is 0 Å². The van der Waals surface area contributed by atoms with Crippen molar-refractivity contribution in [2.75, 3.05) is 18.8 Å². The molecule has 1 aliphatic heterocycles. The Morgan fingerprint density at radius 1 is 1.26 bits per heavy atom. The van der Waals surface area contributed by atoms with Gasteiger partial charge in [0.15, 0.2) is 0 Å². The summed E-state index contributed by atoms with van der Waals surface area (Å²) in [5.41, 5.74) is 1.14. The Kier molecular flexibility index (Phi) is 5.27. The minimum absolute atomic E-state index is 0.177. The van der Waals surface area contributed by atoms with E-state index in [-0.39, 0.29) is 5.91 Å². The van der Waals surface area contributed by atoms with Gasteiger partial charge in [-0.2, -0.15) is 0 Å². The maximum atomic E-state index is 12.3. The first-order valence-corrected chi connectivity index (χ1v) is 8.91. The highest BCUT2D eigenvalue weighted by Gasteiger charge is 2.21. The monoisotopic (exact) mass is 331 g/mol. The smallest absolute Gasteiger partial charge is 0.233 e. The third-order valence-electron chi connectivity index (χ3n) is 4.14.